The molecule has 0 spiro atoms. The number of hydrogen-bond donors (Lipinski definition) is 0. The highest BCUT2D eigenvalue weighted by molar-refractivity contribution is 6.31. The van der Waals surface area contributed by atoms with E-state index < -0.39 is 0 Å². The average Bonchev–Trinajstić information content (AvgIpc) is 3.37. The summed E-state index contributed by atoms with van der Waals surface area (Å²) in [5, 5.41) is 6.65. The van der Waals surface area contributed by atoms with E-state index in [9.17, 15) is 0 Å². The number of hydrogen-bond acceptors (Lipinski definition) is 2. The van der Waals surface area contributed by atoms with Gasteiger partial charge in [-0.15, -0.1) is 0 Å². The van der Waals surface area contributed by atoms with E-state index in [4.69, 9.17) is 16.7 Å². The van der Waals surface area contributed by atoms with Crippen LogP contribution in [0.5, 0.6) is 0 Å². The summed E-state index contributed by atoms with van der Waals surface area (Å²) < 4.78 is 4.25. The van der Waals surface area contributed by atoms with Crippen LogP contribution in [0.1, 0.15) is 28.8 Å². The molecular formula is C24H25ClN4. The third-order valence-corrected chi connectivity index (χ3v) is 6.24. The lowest BCUT2D eigenvalue weighted by molar-refractivity contribution is 0.280. The Kier molecular flexibility index (Phi) is 4.69. The van der Waals surface area contributed by atoms with Crippen molar-refractivity contribution >= 4 is 22.5 Å². The fourth-order valence-electron chi connectivity index (χ4n) is 4.62. The Morgan fingerprint density at radius 2 is 1.79 bits per heavy atom. The van der Waals surface area contributed by atoms with Crippen LogP contribution in [0.15, 0.2) is 54.7 Å². The summed E-state index contributed by atoms with van der Waals surface area (Å²) in [6.07, 6.45) is 4.27. The van der Waals surface area contributed by atoms with Crippen LogP contribution in [0.3, 0.4) is 0 Å². The van der Waals surface area contributed by atoms with Gasteiger partial charge in [-0.3, -0.25) is 9.58 Å². The molecule has 0 atom stereocenters. The molecule has 0 fully saturated rings. The van der Waals surface area contributed by atoms with E-state index >= 15 is 0 Å². The minimum absolute atomic E-state index is 0.767. The van der Waals surface area contributed by atoms with Crippen LogP contribution in [-0.4, -0.2) is 25.8 Å². The van der Waals surface area contributed by atoms with Gasteiger partial charge in [-0.05, 0) is 61.7 Å². The molecule has 0 radical (unpaired) electrons. The number of rotatable bonds is 5. The van der Waals surface area contributed by atoms with Gasteiger partial charge in [-0.1, -0.05) is 35.9 Å². The van der Waals surface area contributed by atoms with Crippen molar-refractivity contribution in [2.75, 3.05) is 6.54 Å². The maximum absolute atomic E-state index is 6.17. The van der Waals surface area contributed by atoms with Crippen LogP contribution in [0.25, 0.3) is 16.7 Å². The summed E-state index contributed by atoms with van der Waals surface area (Å²) in [5.74, 6) is 1.16. The van der Waals surface area contributed by atoms with Gasteiger partial charge in [-0.2, -0.15) is 5.10 Å². The van der Waals surface area contributed by atoms with Gasteiger partial charge in [0.15, 0.2) is 0 Å². The molecule has 5 rings (SSSR count). The third-order valence-electron chi connectivity index (χ3n) is 6.00. The number of aromatic nitrogens is 3. The van der Waals surface area contributed by atoms with Crippen LogP contribution in [0.2, 0.25) is 5.02 Å². The van der Waals surface area contributed by atoms with Crippen LogP contribution < -0.4 is 0 Å². The van der Waals surface area contributed by atoms with Gasteiger partial charge in [0.1, 0.15) is 5.82 Å². The number of fused-ring (bicyclic) bond motifs is 2. The molecule has 1 aliphatic heterocycles. The highest BCUT2D eigenvalue weighted by atomic mass is 35.5. The van der Waals surface area contributed by atoms with Crippen molar-refractivity contribution in [1.82, 2.24) is 19.2 Å². The van der Waals surface area contributed by atoms with E-state index in [0.717, 1.165) is 59.9 Å². The molecular weight excluding hydrogens is 380 g/mol. The first-order valence-electron chi connectivity index (χ1n) is 10.2. The molecule has 0 aliphatic carbocycles. The van der Waals surface area contributed by atoms with Gasteiger partial charge in [0.05, 0.1) is 11.2 Å². The molecule has 2 aromatic heterocycles. The van der Waals surface area contributed by atoms with Gasteiger partial charge >= 0.3 is 0 Å². The van der Waals surface area contributed by atoms with E-state index in [2.05, 4.69) is 59.0 Å². The predicted molar refractivity (Wildman–Crippen MR) is 119 cm³/mol. The van der Waals surface area contributed by atoms with E-state index in [1.165, 1.54) is 16.7 Å². The summed E-state index contributed by atoms with van der Waals surface area (Å²) in [6.45, 7) is 5.35. The van der Waals surface area contributed by atoms with Crippen molar-refractivity contribution in [3.05, 3.63) is 82.1 Å². The zero-order valence-electron chi connectivity index (χ0n) is 16.9. The highest BCUT2D eigenvalue weighted by Crippen LogP contribution is 2.28. The summed E-state index contributed by atoms with van der Waals surface area (Å²) in [6, 6.07) is 17.0. The van der Waals surface area contributed by atoms with Gasteiger partial charge in [-0.25, -0.2) is 0 Å². The Bertz CT molecular complexity index is 1160. The predicted octanol–water partition coefficient (Wildman–Crippen LogP) is 5.27. The fraction of sp³-hybridized carbons (Fsp3) is 0.292. The number of benzene rings is 2. The molecule has 0 amide bonds. The van der Waals surface area contributed by atoms with Crippen molar-refractivity contribution < 1.29 is 0 Å². The van der Waals surface area contributed by atoms with Crippen molar-refractivity contribution in [2.24, 2.45) is 7.05 Å². The van der Waals surface area contributed by atoms with E-state index in [0.29, 0.717) is 0 Å². The normalized spacial score (nSPS) is 14.0. The molecule has 1 aliphatic rings. The molecule has 4 nitrogen and oxygen atoms in total. The number of nitrogens with zero attached hydrogens (tertiary/aromatic N) is 4. The zero-order valence-corrected chi connectivity index (χ0v) is 17.7. The second-order valence-corrected chi connectivity index (χ2v) is 8.42. The third kappa shape index (κ3) is 3.37. The number of aryl methyl sites for hydroxylation is 2. The summed E-state index contributed by atoms with van der Waals surface area (Å²) in [7, 11) is 2.03. The molecule has 29 heavy (non-hydrogen) atoms. The van der Waals surface area contributed by atoms with E-state index in [-0.39, 0.29) is 0 Å². The summed E-state index contributed by atoms with van der Waals surface area (Å²) in [4.78, 5) is 2.54. The Balaban J connectivity index is 1.36. The molecule has 5 heteroatoms. The summed E-state index contributed by atoms with van der Waals surface area (Å²) >= 11 is 6.17. The van der Waals surface area contributed by atoms with Gasteiger partial charge in [0.2, 0.25) is 0 Å². The van der Waals surface area contributed by atoms with Crippen LogP contribution in [-0.2, 0) is 26.6 Å². The number of halogens is 1. The van der Waals surface area contributed by atoms with Gasteiger partial charge in [0.25, 0.3) is 0 Å². The maximum atomic E-state index is 6.17. The molecule has 2 aromatic carbocycles. The minimum atomic E-state index is 0.767. The Morgan fingerprint density at radius 3 is 2.55 bits per heavy atom. The van der Waals surface area contributed by atoms with Gasteiger partial charge in [0, 0.05) is 42.3 Å². The highest BCUT2D eigenvalue weighted by Gasteiger charge is 2.20. The Morgan fingerprint density at radius 1 is 1.03 bits per heavy atom. The first kappa shape index (κ1) is 18.5. The molecule has 0 saturated heterocycles. The summed E-state index contributed by atoms with van der Waals surface area (Å²) in [5.41, 5.74) is 6.56. The SMILES string of the molecule is Cc1nn(C)c(-n2ccc3cc(Cl)ccc32)c1CCCN1Cc2ccccc2C1. The molecule has 0 N–H and O–H groups in total. The van der Waals surface area contributed by atoms with Gasteiger partial charge < -0.3 is 4.57 Å². The largest absolute Gasteiger partial charge is 0.301 e. The van der Waals surface area contributed by atoms with E-state index in [1.54, 1.807) is 0 Å². The zero-order chi connectivity index (χ0) is 20.0. The fourth-order valence-corrected chi connectivity index (χ4v) is 4.80. The minimum Gasteiger partial charge on any atom is -0.301 e. The molecule has 148 valence electrons. The molecule has 4 aromatic rings. The lowest BCUT2D eigenvalue weighted by atomic mass is 10.1. The van der Waals surface area contributed by atoms with Crippen LogP contribution in [0.4, 0.5) is 0 Å². The first-order valence-corrected chi connectivity index (χ1v) is 10.6. The second-order valence-electron chi connectivity index (χ2n) is 7.98. The topological polar surface area (TPSA) is 26.0 Å². The standard InChI is InChI=1S/C24H25ClN4/c1-17-22(8-5-12-28-15-19-6-3-4-7-20(19)16-28)24(27(2)26-17)29-13-11-18-14-21(25)9-10-23(18)29/h3-4,6-7,9-11,13-14H,5,8,12,15-16H2,1-2H3. The van der Waals surface area contributed by atoms with Crippen molar-refractivity contribution in [2.45, 2.75) is 32.9 Å². The lowest BCUT2D eigenvalue weighted by Gasteiger charge is -2.15. The Hall–Kier alpha value is -2.56. The second kappa shape index (κ2) is 7.36. The average molecular weight is 405 g/mol. The molecule has 0 bridgehead atoms. The smallest absolute Gasteiger partial charge is 0.138 e. The molecule has 0 unspecified atom stereocenters. The lowest BCUT2D eigenvalue weighted by Crippen LogP contribution is -2.18. The quantitative estimate of drug-likeness (QED) is 0.452. The van der Waals surface area contributed by atoms with Crippen LogP contribution >= 0.6 is 11.6 Å². The molecule has 3 heterocycles. The van der Waals surface area contributed by atoms with Crippen LogP contribution in [0, 0.1) is 6.92 Å². The first-order chi connectivity index (χ1) is 14.1. The molecule has 0 saturated carbocycles. The Labute approximate surface area is 176 Å². The monoisotopic (exact) mass is 404 g/mol. The van der Waals surface area contributed by atoms with E-state index in [1.807, 2.05) is 23.9 Å². The maximum Gasteiger partial charge on any atom is 0.138 e. The van der Waals surface area contributed by atoms with Crippen molar-refractivity contribution in [1.29, 1.82) is 0 Å². The van der Waals surface area contributed by atoms with Crippen molar-refractivity contribution in [3.8, 4) is 5.82 Å². The van der Waals surface area contributed by atoms with Crippen molar-refractivity contribution in [3.63, 3.8) is 0 Å².